The van der Waals surface area contributed by atoms with Crippen LogP contribution in [-0.4, -0.2) is 6.54 Å². The molecule has 1 aromatic rings. The molecule has 0 aliphatic heterocycles. The summed E-state index contributed by atoms with van der Waals surface area (Å²) in [7, 11) is 0. The maximum Gasteiger partial charge on any atom is 0.0950 e. The van der Waals surface area contributed by atoms with Gasteiger partial charge in [0.25, 0.3) is 0 Å². The minimum Gasteiger partial charge on any atom is -0.472 e. The number of hydrogen-bond donors (Lipinski definition) is 1. The van der Waals surface area contributed by atoms with Gasteiger partial charge in [0.1, 0.15) is 0 Å². The van der Waals surface area contributed by atoms with Crippen LogP contribution in [0.1, 0.15) is 69.9 Å². The van der Waals surface area contributed by atoms with Crippen LogP contribution < -0.4 is 5.32 Å². The van der Waals surface area contributed by atoms with Gasteiger partial charge in [-0.05, 0) is 37.8 Å². The minimum atomic E-state index is 0.502. The van der Waals surface area contributed by atoms with Gasteiger partial charge in [0.05, 0.1) is 12.5 Å². The lowest BCUT2D eigenvalue weighted by Gasteiger charge is -2.29. The molecule has 1 unspecified atom stereocenters. The van der Waals surface area contributed by atoms with Gasteiger partial charge < -0.3 is 9.73 Å². The molecule has 0 saturated heterocycles. The topological polar surface area (TPSA) is 25.2 Å². The fourth-order valence-corrected chi connectivity index (χ4v) is 3.13. The van der Waals surface area contributed by atoms with Gasteiger partial charge in [-0.2, -0.15) is 0 Å². The lowest BCUT2D eigenvalue weighted by molar-refractivity contribution is 0.287. The van der Waals surface area contributed by atoms with Crippen molar-refractivity contribution in [3.8, 4) is 0 Å². The molecule has 0 bridgehead atoms. The van der Waals surface area contributed by atoms with Crippen LogP contribution >= 0.6 is 0 Å². The van der Waals surface area contributed by atoms with Gasteiger partial charge in [0.2, 0.25) is 0 Å². The Kier molecular flexibility index (Phi) is 5.79. The van der Waals surface area contributed by atoms with Crippen LogP contribution in [0.25, 0.3) is 0 Å². The highest BCUT2D eigenvalue weighted by Crippen LogP contribution is 2.33. The summed E-state index contributed by atoms with van der Waals surface area (Å²) in [5, 5.41) is 3.73. The lowest BCUT2D eigenvalue weighted by atomic mass is 9.83. The molecule has 0 radical (unpaired) electrons. The summed E-state index contributed by atoms with van der Waals surface area (Å²) in [6, 6.07) is 2.63. The first-order chi connectivity index (χ1) is 8.92. The number of rotatable bonds is 5. The molecule has 1 aliphatic rings. The van der Waals surface area contributed by atoms with E-state index in [1.165, 1.54) is 56.9 Å². The van der Waals surface area contributed by atoms with Crippen molar-refractivity contribution in [1.29, 1.82) is 0 Å². The Hall–Kier alpha value is -0.760. The van der Waals surface area contributed by atoms with Crippen LogP contribution in [0.4, 0.5) is 0 Å². The van der Waals surface area contributed by atoms with Crippen LogP contribution in [0.15, 0.2) is 23.0 Å². The predicted molar refractivity (Wildman–Crippen MR) is 75.6 cm³/mol. The van der Waals surface area contributed by atoms with Crippen molar-refractivity contribution >= 4 is 0 Å². The number of hydrogen-bond acceptors (Lipinski definition) is 2. The van der Waals surface area contributed by atoms with Crippen LogP contribution in [-0.2, 0) is 0 Å². The zero-order valence-electron chi connectivity index (χ0n) is 11.7. The van der Waals surface area contributed by atoms with Crippen molar-refractivity contribution in [2.75, 3.05) is 6.54 Å². The van der Waals surface area contributed by atoms with Crippen LogP contribution in [0.2, 0.25) is 0 Å². The predicted octanol–water partition coefficient (Wildman–Crippen LogP) is 4.68. The lowest BCUT2D eigenvalue weighted by Crippen LogP contribution is -2.29. The van der Waals surface area contributed by atoms with E-state index in [-0.39, 0.29) is 0 Å². The Labute approximate surface area is 111 Å². The van der Waals surface area contributed by atoms with Crippen molar-refractivity contribution < 1.29 is 4.42 Å². The molecule has 0 spiro atoms. The largest absolute Gasteiger partial charge is 0.472 e. The molecule has 2 rings (SSSR count). The molecule has 2 nitrogen and oxygen atoms in total. The number of furan rings is 1. The van der Waals surface area contributed by atoms with Crippen LogP contribution in [0.3, 0.4) is 0 Å². The fraction of sp³-hybridized carbons (Fsp3) is 0.750. The molecule has 102 valence electrons. The summed E-state index contributed by atoms with van der Waals surface area (Å²) in [6.45, 7) is 3.34. The van der Waals surface area contributed by atoms with E-state index in [9.17, 15) is 0 Å². The highest BCUT2D eigenvalue weighted by atomic mass is 16.3. The van der Waals surface area contributed by atoms with Gasteiger partial charge in [0, 0.05) is 11.6 Å². The van der Waals surface area contributed by atoms with E-state index in [4.69, 9.17) is 4.42 Å². The first-order valence-corrected chi connectivity index (χ1v) is 7.67. The van der Waals surface area contributed by atoms with Gasteiger partial charge in [-0.15, -0.1) is 0 Å². The van der Waals surface area contributed by atoms with Gasteiger partial charge >= 0.3 is 0 Å². The van der Waals surface area contributed by atoms with E-state index < -0.39 is 0 Å². The normalized spacial score (nSPS) is 20.3. The summed E-state index contributed by atoms with van der Waals surface area (Å²) in [6.07, 6.45) is 14.7. The summed E-state index contributed by atoms with van der Waals surface area (Å²) in [5.41, 5.74) is 1.34. The highest BCUT2D eigenvalue weighted by Gasteiger charge is 2.23. The Morgan fingerprint density at radius 1 is 1.22 bits per heavy atom. The second-order valence-corrected chi connectivity index (χ2v) is 5.59. The molecule has 1 heterocycles. The number of nitrogens with one attached hydrogen (secondary N) is 1. The molecule has 18 heavy (non-hydrogen) atoms. The molecule has 1 atom stereocenters. The fourth-order valence-electron chi connectivity index (χ4n) is 3.13. The average molecular weight is 249 g/mol. The molecule has 1 aromatic heterocycles. The highest BCUT2D eigenvalue weighted by molar-refractivity contribution is 5.13. The third-order valence-corrected chi connectivity index (χ3v) is 4.14. The van der Waals surface area contributed by atoms with E-state index in [0.29, 0.717) is 6.04 Å². The molecular formula is C16H27NO. The summed E-state index contributed by atoms with van der Waals surface area (Å²) >= 11 is 0. The van der Waals surface area contributed by atoms with Crippen LogP contribution in [0, 0.1) is 5.92 Å². The quantitative estimate of drug-likeness (QED) is 0.819. The van der Waals surface area contributed by atoms with Crippen molar-refractivity contribution in [2.24, 2.45) is 5.92 Å². The minimum absolute atomic E-state index is 0.502. The van der Waals surface area contributed by atoms with Crippen molar-refractivity contribution in [3.63, 3.8) is 0 Å². The summed E-state index contributed by atoms with van der Waals surface area (Å²) < 4.78 is 5.28. The first-order valence-electron chi connectivity index (χ1n) is 7.67. The van der Waals surface area contributed by atoms with Gasteiger partial charge in [0.15, 0.2) is 0 Å². The van der Waals surface area contributed by atoms with Crippen LogP contribution in [0.5, 0.6) is 0 Å². The Morgan fingerprint density at radius 2 is 1.94 bits per heavy atom. The van der Waals surface area contributed by atoms with Gasteiger partial charge in [-0.25, -0.2) is 0 Å². The zero-order valence-corrected chi connectivity index (χ0v) is 11.7. The average Bonchev–Trinajstić information content (AvgIpc) is 2.85. The molecule has 0 amide bonds. The molecule has 1 fully saturated rings. The van der Waals surface area contributed by atoms with Crippen molar-refractivity contribution in [3.05, 3.63) is 24.2 Å². The Balaban J connectivity index is 2.01. The third kappa shape index (κ3) is 3.88. The molecule has 1 N–H and O–H groups in total. The first kappa shape index (κ1) is 13.7. The molecule has 1 saturated carbocycles. The second-order valence-electron chi connectivity index (χ2n) is 5.59. The van der Waals surface area contributed by atoms with E-state index in [1.807, 2.05) is 6.26 Å². The Morgan fingerprint density at radius 3 is 2.56 bits per heavy atom. The zero-order chi connectivity index (χ0) is 12.6. The molecule has 0 aromatic carbocycles. The molecule has 2 heteroatoms. The van der Waals surface area contributed by atoms with Gasteiger partial charge in [-0.1, -0.05) is 39.0 Å². The Bertz CT molecular complexity index is 299. The maximum absolute atomic E-state index is 5.28. The monoisotopic (exact) mass is 249 g/mol. The second kappa shape index (κ2) is 7.63. The third-order valence-electron chi connectivity index (χ3n) is 4.14. The van der Waals surface area contributed by atoms with Crippen molar-refractivity contribution in [2.45, 2.75) is 64.3 Å². The van der Waals surface area contributed by atoms with E-state index in [1.54, 1.807) is 6.26 Å². The summed E-state index contributed by atoms with van der Waals surface area (Å²) in [5.74, 6) is 0.787. The van der Waals surface area contributed by atoms with E-state index in [0.717, 1.165) is 12.5 Å². The van der Waals surface area contributed by atoms with Crippen molar-refractivity contribution in [1.82, 2.24) is 5.32 Å². The van der Waals surface area contributed by atoms with Gasteiger partial charge in [-0.3, -0.25) is 0 Å². The SMILES string of the molecule is CCCNC(c1ccoc1)C1CCCCCCC1. The standard InChI is InChI=1S/C16H27NO/c1-2-11-17-16(15-10-12-18-13-15)14-8-6-4-3-5-7-9-14/h10,12-14,16-17H,2-9,11H2,1H3. The maximum atomic E-state index is 5.28. The summed E-state index contributed by atoms with van der Waals surface area (Å²) in [4.78, 5) is 0. The molecular weight excluding hydrogens is 222 g/mol. The molecule has 1 aliphatic carbocycles. The van der Waals surface area contributed by atoms with E-state index in [2.05, 4.69) is 18.3 Å². The smallest absolute Gasteiger partial charge is 0.0950 e. The van der Waals surface area contributed by atoms with E-state index >= 15 is 0 Å².